The van der Waals surface area contributed by atoms with E-state index in [1.165, 1.54) is 13.2 Å². The van der Waals surface area contributed by atoms with E-state index in [9.17, 15) is 23.4 Å². The number of carbonyl (C=O) groups excluding carboxylic acids is 4. The molecule has 0 saturated heterocycles. The van der Waals surface area contributed by atoms with Crippen LogP contribution in [0.25, 0.3) is 0 Å². The molecule has 0 bridgehead atoms. The van der Waals surface area contributed by atoms with Gasteiger partial charge in [0.15, 0.2) is 11.5 Å². The molecule has 3 aliphatic carbocycles. The van der Waals surface area contributed by atoms with Crippen LogP contribution in [0.4, 0.5) is 0 Å². The van der Waals surface area contributed by atoms with Crippen molar-refractivity contribution in [1.82, 2.24) is 5.32 Å². The maximum Gasteiger partial charge on any atom is 0.228 e. The first kappa shape index (κ1) is 19.8. The Hall–Kier alpha value is -3.13. The summed E-state index contributed by atoms with van der Waals surface area (Å²) >= 11 is 0. The van der Waals surface area contributed by atoms with Gasteiger partial charge in [0.05, 0.1) is 17.9 Å². The number of allylic oxidation sites excluding steroid dienone is 5. The number of hydrogen-bond donors (Lipinski definition) is 1. The average Bonchev–Trinajstić information content (AvgIpc) is 2.76. The van der Waals surface area contributed by atoms with Gasteiger partial charge in [-0.3, -0.25) is 23.4 Å². The fraction of sp³-hybridized carbons (Fsp3) is 0.304. The van der Waals surface area contributed by atoms with Crippen LogP contribution >= 0.6 is 0 Å². The van der Waals surface area contributed by atoms with E-state index in [-0.39, 0.29) is 56.6 Å². The van der Waals surface area contributed by atoms with Gasteiger partial charge < -0.3 is 10.1 Å². The molecule has 1 aromatic rings. The molecule has 2 atom stereocenters. The Morgan fingerprint density at radius 2 is 1.77 bits per heavy atom. The van der Waals surface area contributed by atoms with Gasteiger partial charge in [-0.2, -0.15) is 0 Å². The Bertz CT molecular complexity index is 1270. The van der Waals surface area contributed by atoms with Crippen LogP contribution < -0.4 is 5.32 Å². The van der Waals surface area contributed by atoms with Gasteiger partial charge in [-0.15, -0.1) is 0 Å². The first-order chi connectivity index (χ1) is 14.7. The minimum atomic E-state index is -1.58. The summed E-state index contributed by atoms with van der Waals surface area (Å²) in [6, 6.07) is 3.00. The molecule has 158 valence electrons. The third-order valence-electron chi connectivity index (χ3n) is 6.64. The van der Waals surface area contributed by atoms with Crippen LogP contribution in [-0.4, -0.2) is 46.7 Å². The standard InChI is InChI=1S/C23H19NO6S/c1-10-15(25)4-5-23(2)14-9-12-11(8-13(14)19(27)21(30-3)16(10)23)20(28)22-17(18(12)26)24-6-7-31(22)29/h8-9,24H,1,4-7H2,2-3H3. The number of fused-ring (bicyclic) bond motifs is 4. The Morgan fingerprint density at radius 1 is 1.06 bits per heavy atom. The quantitative estimate of drug-likeness (QED) is 0.669. The smallest absolute Gasteiger partial charge is 0.228 e. The van der Waals surface area contributed by atoms with Gasteiger partial charge in [0, 0.05) is 52.0 Å². The first-order valence-electron chi connectivity index (χ1n) is 9.91. The summed E-state index contributed by atoms with van der Waals surface area (Å²) in [7, 11) is -0.219. The summed E-state index contributed by atoms with van der Waals surface area (Å²) in [6.45, 7) is 6.13. The van der Waals surface area contributed by atoms with Crippen LogP contribution in [0.2, 0.25) is 0 Å². The lowest BCUT2D eigenvalue weighted by Gasteiger charge is -2.42. The topological polar surface area (TPSA) is 107 Å². The normalized spacial score (nSPS) is 27.4. The fourth-order valence-corrected chi connectivity index (χ4v) is 6.24. The van der Waals surface area contributed by atoms with E-state index in [0.717, 1.165) is 0 Å². The van der Waals surface area contributed by atoms with Crippen molar-refractivity contribution >= 4 is 33.9 Å². The van der Waals surface area contributed by atoms with E-state index in [0.29, 0.717) is 24.1 Å². The molecule has 1 N–H and O–H groups in total. The van der Waals surface area contributed by atoms with Gasteiger partial charge in [0.25, 0.3) is 0 Å². The zero-order valence-corrected chi connectivity index (χ0v) is 17.9. The van der Waals surface area contributed by atoms with Crippen molar-refractivity contribution < 1.29 is 28.1 Å². The summed E-state index contributed by atoms with van der Waals surface area (Å²) in [5, 5.41) is 2.92. The van der Waals surface area contributed by atoms with E-state index in [1.54, 1.807) is 6.07 Å². The van der Waals surface area contributed by atoms with Crippen molar-refractivity contribution in [2.75, 3.05) is 19.4 Å². The van der Waals surface area contributed by atoms with Gasteiger partial charge in [-0.05, 0) is 24.1 Å². The highest BCUT2D eigenvalue weighted by atomic mass is 32.2. The number of rotatable bonds is 1. The lowest BCUT2D eigenvalue weighted by atomic mass is 9.60. The third-order valence-corrected chi connectivity index (χ3v) is 8.06. The molecule has 8 heteroatoms. The monoisotopic (exact) mass is 437 g/mol. The van der Waals surface area contributed by atoms with Gasteiger partial charge in [0.1, 0.15) is 10.6 Å². The minimum Gasteiger partial charge on any atom is -0.492 e. The van der Waals surface area contributed by atoms with Crippen molar-refractivity contribution in [3.8, 4) is 0 Å². The largest absolute Gasteiger partial charge is 0.492 e. The Kier molecular flexibility index (Phi) is 4.11. The second-order valence-corrected chi connectivity index (χ2v) is 9.76. The summed E-state index contributed by atoms with van der Waals surface area (Å²) in [6.07, 6.45) is 0.674. The number of carbonyl (C=O) groups is 4. The predicted molar refractivity (Wildman–Crippen MR) is 112 cm³/mol. The third kappa shape index (κ3) is 2.42. The zero-order valence-electron chi connectivity index (χ0n) is 17.0. The van der Waals surface area contributed by atoms with Gasteiger partial charge in [-0.25, -0.2) is 0 Å². The second kappa shape index (κ2) is 6.43. The molecule has 0 amide bonds. The van der Waals surface area contributed by atoms with Crippen molar-refractivity contribution in [2.24, 2.45) is 0 Å². The number of benzene rings is 1. The molecule has 4 aliphatic rings. The van der Waals surface area contributed by atoms with E-state index in [4.69, 9.17) is 4.74 Å². The number of methoxy groups -OCH3 is 1. The SMILES string of the molecule is C=C1C(=O)CCC2(C)C1=C(OC)C(=O)c1cc3c(cc12)C(=O)C1=C(C3=O)S(=O)CCN1. The van der Waals surface area contributed by atoms with Crippen LogP contribution in [0, 0.1) is 0 Å². The Balaban J connectivity index is 1.78. The molecule has 0 spiro atoms. The van der Waals surface area contributed by atoms with Crippen molar-refractivity contribution in [2.45, 2.75) is 25.2 Å². The average molecular weight is 437 g/mol. The van der Waals surface area contributed by atoms with E-state index < -0.39 is 33.6 Å². The summed E-state index contributed by atoms with van der Waals surface area (Å²) in [5.41, 5.74) is 1.05. The van der Waals surface area contributed by atoms with Crippen LogP contribution in [0.3, 0.4) is 0 Å². The molecule has 1 aliphatic heterocycles. The molecule has 0 radical (unpaired) electrons. The number of ketones is 4. The van der Waals surface area contributed by atoms with Crippen molar-refractivity contribution in [3.63, 3.8) is 0 Å². The molecule has 7 nitrogen and oxygen atoms in total. The molecule has 1 saturated carbocycles. The molecule has 0 aromatic heterocycles. The van der Waals surface area contributed by atoms with Crippen LogP contribution in [0.15, 0.2) is 46.2 Å². The second-order valence-electron chi connectivity index (χ2n) is 8.25. The van der Waals surface area contributed by atoms with Crippen LogP contribution in [0.5, 0.6) is 0 Å². The van der Waals surface area contributed by atoms with Gasteiger partial charge in [-0.1, -0.05) is 13.5 Å². The summed E-state index contributed by atoms with van der Waals surface area (Å²) < 4.78 is 17.9. The maximum absolute atomic E-state index is 13.3. The van der Waals surface area contributed by atoms with Crippen LogP contribution in [0.1, 0.15) is 56.4 Å². The maximum atomic E-state index is 13.3. The number of ether oxygens (including phenoxy) is 1. The van der Waals surface area contributed by atoms with Crippen molar-refractivity contribution in [1.29, 1.82) is 0 Å². The highest BCUT2D eigenvalue weighted by Gasteiger charge is 2.49. The van der Waals surface area contributed by atoms with E-state index in [1.807, 2.05) is 6.92 Å². The number of nitrogens with one attached hydrogen (secondary N) is 1. The lowest BCUT2D eigenvalue weighted by molar-refractivity contribution is -0.116. The van der Waals surface area contributed by atoms with Crippen molar-refractivity contribution in [3.05, 3.63) is 68.5 Å². The molecular weight excluding hydrogens is 418 g/mol. The Morgan fingerprint density at radius 3 is 2.48 bits per heavy atom. The number of hydrogen-bond acceptors (Lipinski definition) is 7. The summed E-state index contributed by atoms with van der Waals surface area (Å²) in [4.78, 5) is 52.0. The minimum absolute atomic E-state index is 0.0296. The van der Waals surface area contributed by atoms with Gasteiger partial charge >= 0.3 is 0 Å². The van der Waals surface area contributed by atoms with E-state index >= 15 is 0 Å². The summed E-state index contributed by atoms with van der Waals surface area (Å²) in [5.74, 6) is -1.26. The molecular formula is C23H19NO6S. The molecule has 2 unspecified atom stereocenters. The molecule has 31 heavy (non-hydrogen) atoms. The number of Topliss-reactive ketones (excluding diaryl/α,β-unsaturated/α-hetero) is 4. The highest BCUT2D eigenvalue weighted by molar-refractivity contribution is 7.90. The lowest BCUT2D eigenvalue weighted by Crippen LogP contribution is -2.42. The molecule has 1 fully saturated rings. The predicted octanol–water partition coefficient (Wildman–Crippen LogP) is 1.90. The zero-order chi connectivity index (χ0) is 22.2. The first-order valence-corrected chi connectivity index (χ1v) is 11.2. The molecule has 5 rings (SSSR count). The fourth-order valence-electron chi connectivity index (χ4n) is 5.04. The Labute approximate surface area is 180 Å². The highest BCUT2D eigenvalue weighted by Crippen LogP contribution is 2.51. The molecule has 1 aromatic carbocycles. The molecule has 1 heterocycles. The van der Waals surface area contributed by atoms with E-state index in [2.05, 4.69) is 11.9 Å². The van der Waals surface area contributed by atoms with Gasteiger partial charge in [0.2, 0.25) is 17.3 Å². The van der Waals surface area contributed by atoms with Crippen LogP contribution in [-0.2, 0) is 25.7 Å².